The Morgan fingerprint density at radius 2 is 1.72 bits per heavy atom. The summed E-state index contributed by atoms with van der Waals surface area (Å²) in [5, 5.41) is 6.18. The number of anilines is 2. The number of nitrogens with zero attached hydrogens (tertiary/aromatic N) is 3. The molecule has 1 aliphatic heterocycles. The smallest absolute Gasteiger partial charge is 0.319 e. The number of fused-ring (bicyclic) bond motifs is 1. The predicted molar refractivity (Wildman–Crippen MR) is 156 cm³/mol. The van der Waals surface area contributed by atoms with Crippen LogP contribution in [0.4, 0.5) is 16.2 Å². The molecule has 0 bridgehead atoms. The van der Waals surface area contributed by atoms with E-state index < -0.39 is 0 Å². The third-order valence-electron chi connectivity index (χ3n) is 8.41. The second kappa shape index (κ2) is 10.7. The van der Waals surface area contributed by atoms with Crippen LogP contribution in [0.2, 0.25) is 0 Å². The summed E-state index contributed by atoms with van der Waals surface area (Å²) in [4.78, 5) is 35.0. The zero-order valence-electron chi connectivity index (χ0n) is 23.6. The van der Waals surface area contributed by atoms with Crippen molar-refractivity contribution in [3.05, 3.63) is 88.7 Å². The topological polar surface area (TPSA) is 77.6 Å². The van der Waals surface area contributed by atoms with Crippen molar-refractivity contribution in [1.82, 2.24) is 15.2 Å². The Kier molecular flexibility index (Phi) is 7.34. The van der Waals surface area contributed by atoms with Gasteiger partial charge in [0.25, 0.3) is 5.91 Å². The van der Waals surface area contributed by atoms with Crippen molar-refractivity contribution in [2.45, 2.75) is 64.5 Å². The second-order valence-corrected chi connectivity index (χ2v) is 11.7. The van der Waals surface area contributed by atoms with Crippen LogP contribution < -0.4 is 15.5 Å². The van der Waals surface area contributed by atoms with Gasteiger partial charge in [-0.05, 0) is 85.5 Å². The van der Waals surface area contributed by atoms with Crippen LogP contribution in [0.3, 0.4) is 0 Å². The van der Waals surface area contributed by atoms with Gasteiger partial charge in [0.2, 0.25) is 0 Å². The van der Waals surface area contributed by atoms with E-state index in [-0.39, 0.29) is 29.4 Å². The van der Waals surface area contributed by atoms with Crippen LogP contribution in [0.5, 0.6) is 0 Å². The third kappa shape index (κ3) is 5.63. The lowest BCUT2D eigenvalue weighted by molar-refractivity contribution is 0.0709. The summed E-state index contributed by atoms with van der Waals surface area (Å²) < 4.78 is 0. The van der Waals surface area contributed by atoms with E-state index in [1.54, 1.807) is 0 Å². The first-order valence-corrected chi connectivity index (χ1v) is 13.8. The number of pyridine rings is 1. The maximum atomic E-state index is 13.6. The maximum Gasteiger partial charge on any atom is 0.319 e. The number of carbonyl (C=O) groups excluding carboxylic acids is 2. The number of benzene rings is 2. The number of hydrogen-bond donors (Lipinski definition) is 2. The summed E-state index contributed by atoms with van der Waals surface area (Å²) in [5.74, 6) is 0.0309. The third-order valence-corrected chi connectivity index (χ3v) is 8.41. The Hall–Kier alpha value is -3.87. The van der Waals surface area contributed by atoms with Crippen LogP contribution in [-0.2, 0) is 5.41 Å². The molecule has 1 aliphatic carbocycles. The van der Waals surface area contributed by atoms with Crippen molar-refractivity contribution in [3.63, 3.8) is 0 Å². The fraction of sp³-hybridized carbons (Fsp3) is 0.406. The molecule has 39 heavy (non-hydrogen) atoms. The number of aromatic nitrogens is 1. The summed E-state index contributed by atoms with van der Waals surface area (Å²) in [6.07, 6.45) is 6.27. The first-order chi connectivity index (χ1) is 18.6. The molecule has 7 heteroatoms. The van der Waals surface area contributed by atoms with Crippen molar-refractivity contribution in [2.75, 3.05) is 30.4 Å². The molecule has 1 unspecified atom stereocenters. The molecular weight excluding hydrogens is 486 g/mol. The van der Waals surface area contributed by atoms with E-state index in [9.17, 15) is 9.59 Å². The number of carbonyl (C=O) groups is 2. The number of aryl methyl sites for hydroxylation is 2. The molecule has 1 saturated heterocycles. The van der Waals surface area contributed by atoms with E-state index in [0.717, 1.165) is 54.7 Å². The molecule has 2 aromatic carbocycles. The van der Waals surface area contributed by atoms with Gasteiger partial charge in [0.1, 0.15) is 0 Å². The molecule has 0 saturated carbocycles. The van der Waals surface area contributed by atoms with Crippen molar-refractivity contribution < 1.29 is 9.59 Å². The summed E-state index contributed by atoms with van der Waals surface area (Å²) in [6, 6.07) is 15.9. The fourth-order valence-electron chi connectivity index (χ4n) is 6.17. The van der Waals surface area contributed by atoms with E-state index >= 15 is 0 Å². The molecule has 3 amide bonds. The minimum atomic E-state index is -0.231. The van der Waals surface area contributed by atoms with E-state index in [0.29, 0.717) is 5.56 Å². The van der Waals surface area contributed by atoms with E-state index in [4.69, 9.17) is 0 Å². The molecular formula is C32H39N5O2. The van der Waals surface area contributed by atoms with E-state index in [1.165, 1.54) is 11.3 Å². The van der Waals surface area contributed by atoms with Gasteiger partial charge in [-0.1, -0.05) is 37.6 Å². The molecule has 1 atom stereocenters. The molecule has 2 heterocycles. The Balaban J connectivity index is 1.27. The average molecular weight is 526 g/mol. The number of piperidine rings is 1. The Labute approximate surface area is 231 Å². The van der Waals surface area contributed by atoms with Crippen LogP contribution in [0, 0.1) is 13.8 Å². The van der Waals surface area contributed by atoms with Gasteiger partial charge in [0.05, 0.1) is 6.04 Å². The van der Waals surface area contributed by atoms with Gasteiger partial charge in [0, 0.05) is 55.5 Å². The predicted octanol–water partition coefficient (Wildman–Crippen LogP) is 5.98. The number of amides is 3. The number of urea groups is 1. The van der Waals surface area contributed by atoms with Crippen LogP contribution in [0.25, 0.3) is 0 Å². The Bertz CT molecular complexity index is 1360. The van der Waals surface area contributed by atoms with Gasteiger partial charge in [-0.3, -0.25) is 9.78 Å². The Morgan fingerprint density at radius 1 is 1.00 bits per heavy atom. The van der Waals surface area contributed by atoms with Crippen molar-refractivity contribution in [2.24, 2.45) is 0 Å². The molecule has 2 N–H and O–H groups in total. The SMILES string of the molecule is Cc1ccc(NC(=O)NC2CC(C)(C)c3ccc(C(=O)N(C)C4CCN(c5ccncc5)CC4)cc32)c(C)c1. The summed E-state index contributed by atoms with van der Waals surface area (Å²) in [7, 11) is 1.92. The number of nitrogens with one attached hydrogen (secondary N) is 2. The molecule has 1 fully saturated rings. The van der Waals surface area contributed by atoms with Crippen molar-refractivity contribution in [3.8, 4) is 0 Å². The first kappa shape index (κ1) is 26.7. The van der Waals surface area contributed by atoms with E-state index in [2.05, 4.69) is 46.5 Å². The molecule has 5 rings (SSSR count). The normalized spacial score (nSPS) is 18.4. The zero-order chi connectivity index (χ0) is 27.7. The highest BCUT2D eigenvalue weighted by molar-refractivity contribution is 5.95. The number of hydrogen-bond acceptors (Lipinski definition) is 4. The van der Waals surface area contributed by atoms with Crippen LogP contribution >= 0.6 is 0 Å². The zero-order valence-corrected chi connectivity index (χ0v) is 23.6. The van der Waals surface area contributed by atoms with E-state index in [1.807, 2.05) is 74.6 Å². The highest BCUT2D eigenvalue weighted by atomic mass is 16.2. The summed E-state index contributed by atoms with van der Waals surface area (Å²) in [6.45, 7) is 10.2. The van der Waals surface area contributed by atoms with Gasteiger partial charge >= 0.3 is 6.03 Å². The Morgan fingerprint density at radius 3 is 2.41 bits per heavy atom. The minimum Gasteiger partial charge on any atom is -0.371 e. The van der Waals surface area contributed by atoms with Gasteiger partial charge in [-0.15, -0.1) is 0 Å². The van der Waals surface area contributed by atoms with Crippen LogP contribution in [0.15, 0.2) is 60.9 Å². The van der Waals surface area contributed by atoms with Crippen molar-refractivity contribution >= 4 is 23.3 Å². The standard InChI is InChI=1S/C32H39N5O2/c1-21-6-9-28(22(2)18-21)34-31(39)35-29-20-32(3,4)27-8-7-23(19-26(27)29)30(38)36(5)24-12-16-37(17-13-24)25-10-14-33-15-11-25/h6-11,14-15,18-19,24,29H,12-13,16-17,20H2,1-5H3,(H2,34,35,39). The monoisotopic (exact) mass is 525 g/mol. The van der Waals surface area contributed by atoms with Gasteiger partial charge < -0.3 is 20.4 Å². The molecule has 2 aliphatic rings. The van der Waals surface area contributed by atoms with Crippen LogP contribution in [0.1, 0.15) is 71.8 Å². The molecule has 3 aromatic rings. The van der Waals surface area contributed by atoms with Crippen molar-refractivity contribution in [1.29, 1.82) is 0 Å². The van der Waals surface area contributed by atoms with Crippen LogP contribution in [-0.4, -0.2) is 48.0 Å². The maximum absolute atomic E-state index is 13.6. The fourth-order valence-corrected chi connectivity index (χ4v) is 6.17. The average Bonchev–Trinajstić information content (AvgIpc) is 3.18. The van der Waals surface area contributed by atoms with Gasteiger partial charge in [-0.2, -0.15) is 0 Å². The highest BCUT2D eigenvalue weighted by Gasteiger charge is 2.38. The molecule has 0 spiro atoms. The molecule has 7 nitrogen and oxygen atoms in total. The lowest BCUT2D eigenvalue weighted by Gasteiger charge is -2.38. The quantitative estimate of drug-likeness (QED) is 0.429. The first-order valence-electron chi connectivity index (χ1n) is 13.8. The minimum absolute atomic E-state index is 0.0309. The molecule has 0 radical (unpaired) electrons. The van der Waals surface area contributed by atoms with Gasteiger partial charge in [-0.25, -0.2) is 4.79 Å². The summed E-state index contributed by atoms with van der Waals surface area (Å²) >= 11 is 0. The second-order valence-electron chi connectivity index (χ2n) is 11.7. The lowest BCUT2D eigenvalue weighted by atomic mass is 9.86. The lowest BCUT2D eigenvalue weighted by Crippen LogP contribution is -2.45. The summed E-state index contributed by atoms with van der Waals surface area (Å²) in [5.41, 5.74) is 6.96. The highest BCUT2D eigenvalue weighted by Crippen LogP contribution is 2.45. The number of rotatable bonds is 5. The molecule has 204 valence electrons. The molecule has 1 aromatic heterocycles. The van der Waals surface area contributed by atoms with Gasteiger partial charge in [0.15, 0.2) is 0 Å². The largest absolute Gasteiger partial charge is 0.371 e.